The topological polar surface area (TPSA) is 41.6 Å². The number of benzene rings is 1. The zero-order valence-electron chi connectivity index (χ0n) is 10.4. The predicted octanol–water partition coefficient (Wildman–Crippen LogP) is 3.37. The van der Waals surface area contributed by atoms with Crippen LogP contribution in [0.4, 0.5) is 0 Å². The Bertz CT molecular complexity index is 591. The predicted molar refractivity (Wildman–Crippen MR) is 72.3 cm³/mol. The molecule has 1 aromatic heterocycles. The third-order valence-electron chi connectivity index (χ3n) is 2.96. The molecule has 2 rings (SSSR count). The van der Waals surface area contributed by atoms with Gasteiger partial charge in [0.15, 0.2) is 0 Å². The molecule has 1 aromatic carbocycles. The second kappa shape index (κ2) is 5.24. The van der Waals surface area contributed by atoms with E-state index in [2.05, 4.69) is 30.1 Å². The molecule has 92 valence electrons. The van der Waals surface area contributed by atoms with Crippen LogP contribution >= 0.6 is 11.6 Å². The smallest absolute Gasteiger partial charge is 0.141 e. The lowest BCUT2D eigenvalue weighted by molar-refractivity contribution is 0.924. The Labute approximate surface area is 112 Å². The molecule has 18 heavy (non-hydrogen) atoms. The van der Waals surface area contributed by atoms with Gasteiger partial charge in [-0.3, -0.25) is 0 Å². The summed E-state index contributed by atoms with van der Waals surface area (Å²) in [7, 11) is 1.86. The van der Waals surface area contributed by atoms with E-state index in [1.807, 2.05) is 23.7 Å². The number of hydrogen-bond acceptors (Lipinski definition) is 2. The van der Waals surface area contributed by atoms with Crippen LogP contribution in [0.1, 0.15) is 18.2 Å². The maximum Gasteiger partial charge on any atom is 0.141 e. The van der Waals surface area contributed by atoms with Crippen LogP contribution in [-0.2, 0) is 19.9 Å². The van der Waals surface area contributed by atoms with Gasteiger partial charge in [0.2, 0.25) is 0 Å². The van der Waals surface area contributed by atoms with Gasteiger partial charge in [-0.2, -0.15) is 5.26 Å². The first-order valence-electron chi connectivity index (χ1n) is 5.84. The molecule has 4 heteroatoms. The second-order valence-corrected chi connectivity index (χ2v) is 4.48. The largest absolute Gasteiger partial charge is 0.318 e. The molecule has 0 aliphatic carbocycles. The van der Waals surface area contributed by atoms with Crippen molar-refractivity contribution in [2.75, 3.05) is 0 Å². The van der Waals surface area contributed by atoms with Crippen LogP contribution in [0.25, 0.3) is 11.4 Å². The summed E-state index contributed by atoms with van der Waals surface area (Å²) in [4.78, 5) is 4.43. The lowest BCUT2D eigenvalue weighted by Crippen LogP contribution is -1.92. The summed E-state index contributed by atoms with van der Waals surface area (Å²) in [5.74, 6) is 0.799. The molecular formula is C14H14ClN3. The van der Waals surface area contributed by atoms with E-state index in [0.717, 1.165) is 17.8 Å². The van der Waals surface area contributed by atoms with Gasteiger partial charge in [-0.1, -0.05) is 42.8 Å². The number of aromatic nitrogens is 2. The third kappa shape index (κ3) is 2.25. The van der Waals surface area contributed by atoms with Gasteiger partial charge in [0, 0.05) is 12.6 Å². The third-order valence-corrected chi connectivity index (χ3v) is 3.43. The molecule has 0 saturated heterocycles. The van der Waals surface area contributed by atoms with Crippen molar-refractivity contribution in [2.45, 2.75) is 19.8 Å². The van der Waals surface area contributed by atoms with Crippen molar-refractivity contribution in [2.24, 2.45) is 7.05 Å². The highest BCUT2D eigenvalue weighted by atomic mass is 35.5. The van der Waals surface area contributed by atoms with Gasteiger partial charge >= 0.3 is 0 Å². The van der Waals surface area contributed by atoms with E-state index < -0.39 is 0 Å². The molecule has 0 atom stereocenters. The van der Waals surface area contributed by atoms with E-state index in [4.69, 9.17) is 16.9 Å². The molecule has 0 bridgehead atoms. The Kier molecular flexibility index (Phi) is 3.69. The zero-order chi connectivity index (χ0) is 13.1. The Morgan fingerprint density at radius 1 is 1.33 bits per heavy atom. The Hall–Kier alpha value is -1.79. The first-order chi connectivity index (χ1) is 8.67. The Morgan fingerprint density at radius 2 is 2.00 bits per heavy atom. The van der Waals surface area contributed by atoms with Crippen LogP contribution in [0.2, 0.25) is 5.15 Å². The number of nitriles is 1. The summed E-state index contributed by atoms with van der Waals surface area (Å²) < 4.78 is 1.81. The fourth-order valence-electron chi connectivity index (χ4n) is 1.87. The van der Waals surface area contributed by atoms with Crippen LogP contribution in [-0.4, -0.2) is 9.55 Å². The fraction of sp³-hybridized carbons (Fsp3) is 0.286. The molecule has 0 amide bonds. The van der Waals surface area contributed by atoms with E-state index >= 15 is 0 Å². The molecular weight excluding hydrogens is 246 g/mol. The molecule has 2 aromatic rings. The number of imidazole rings is 1. The number of aryl methyl sites for hydroxylation is 1. The zero-order valence-corrected chi connectivity index (χ0v) is 11.2. The molecule has 0 radical (unpaired) electrons. The molecule has 0 aliphatic heterocycles. The normalized spacial score (nSPS) is 10.3. The van der Waals surface area contributed by atoms with E-state index in [9.17, 15) is 0 Å². The van der Waals surface area contributed by atoms with Crippen LogP contribution in [0.3, 0.4) is 0 Å². The maximum atomic E-state index is 8.73. The highest BCUT2D eigenvalue weighted by Crippen LogP contribution is 2.25. The molecule has 1 heterocycles. The summed E-state index contributed by atoms with van der Waals surface area (Å²) in [5, 5.41) is 9.26. The summed E-state index contributed by atoms with van der Waals surface area (Å²) in [6.07, 6.45) is 1.25. The minimum Gasteiger partial charge on any atom is -0.318 e. The number of nitrogens with zero attached hydrogens (tertiary/aromatic N) is 3. The first-order valence-corrected chi connectivity index (χ1v) is 6.22. The van der Waals surface area contributed by atoms with Gasteiger partial charge in [-0.25, -0.2) is 4.98 Å². The lowest BCUT2D eigenvalue weighted by Gasteiger charge is -2.03. The van der Waals surface area contributed by atoms with E-state index in [1.54, 1.807) is 0 Å². The van der Waals surface area contributed by atoms with E-state index in [0.29, 0.717) is 10.8 Å². The van der Waals surface area contributed by atoms with Crippen molar-refractivity contribution in [3.63, 3.8) is 0 Å². The van der Waals surface area contributed by atoms with Crippen LogP contribution in [0.15, 0.2) is 24.3 Å². The van der Waals surface area contributed by atoms with Gasteiger partial charge in [-0.05, 0) is 12.0 Å². The van der Waals surface area contributed by atoms with Crippen molar-refractivity contribution in [3.8, 4) is 17.5 Å². The van der Waals surface area contributed by atoms with Crippen molar-refractivity contribution in [1.29, 1.82) is 5.26 Å². The maximum absolute atomic E-state index is 8.73. The summed E-state index contributed by atoms with van der Waals surface area (Å²) in [6, 6.07) is 10.3. The van der Waals surface area contributed by atoms with Gasteiger partial charge < -0.3 is 4.57 Å². The van der Waals surface area contributed by atoms with Gasteiger partial charge in [-0.15, -0.1) is 0 Å². The van der Waals surface area contributed by atoms with Crippen LogP contribution in [0.5, 0.6) is 0 Å². The molecule has 0 fully saturated rings. The highest BCUT2D eigenvalue weighted by molar-refractivity contribution is 6.30. The van der Waals surface area contributed by atoms with Gasteiger partial charge in [0.25, 0.3) is 0 Å². The number of hydrogen-bond donors (Lipinski definition) is 0. The monoisotopic (exact) mass is 259 g/mol. The van der Waals surface area contributed by atoms with Crippen molar-refractivity contribution in [1.82, 2.24) is 9.55 Å². The fourth-order valence-corrected chi connectivity index (χ4v) is 2.06. The quantitative estimate of drug-likeness (QED) is 0.848. The van der Waals surface area contributed by atoms with Crippen LogP contribution < -0.4 is 0 Å². The lowest BCUT2D eigenvalue weighted by atomic mass is 10.1. The van der Waals surface area contributed by atoms with Crippen molar-refractivity contribution in [3.05, 3.63) is 40.7 Å². The molecule has 0 saturated carbocycles. The first kappa shape index (κ1) is 12.7. The average Bonchev–Trinajstić information content (AvgIpc) is 2.68. The average molecular weight is 260 g/mol. The van der Waals surface area contributed by atoms with Crippen molar-refractivity contribution < 1.29 is 0 Å². The Morgan fingerprint density at radius 3 is 2.56 bits per heavy atom. The van der Waals surface area contributed by atoms with Crippen molar-refractivity contribution >= 4 is 11.6 Å². The summed E-state index contributed by atoms with van der Waals surface area (Å²) >= 11 is 6.15. The molecule has 0 unspecified atom stereocenters. The summed E-state index contributed by atoms with van der Waals surface area (Å²) in [5.41, 5.74) is 2.94. The number of halogens is 1. The van der Waals surface area contributed by atoms with Gasteiger partial charge in [0.1, 0.15) is 11.0 Å². The molecule has 0 aliphatic rings. The van der Waals surface area contributed by atoms with Gasteiger partial charge in [0.05, 0.1) is 18.2 Å². The molecule has 0 N–H and O–H groups in total. The molecule has 0 spiro atoms. The van der Waals surface area contributed by atoms with E-state index in [-0.39, 0.29) is 6.42 Å². The molecule has 3 nitrogen and oxygen atoms in total. The Balaban J connectivity index is 2.44. The SMILES string of the molecule is CCc1ccc(-c2nc(CC#N)c(Cl)n2C)cc1. The minimum absolute atomic E-state index is 0.236. The van der Waals surface area contributed by atoms with Crippen LogP contribution in [0, 0.1) is 11.3 Å². The highest BCUT2D eigenvalue weighted by Gasteiger charge is 2.13. The van der Waals surface area contributed by atoms with E-state index in [1.165, 1.54) is 5.56 Å². The number of rotatable bonds is 3. The minimum atomic E-state index is 0.236. The second-order valence-electron chi connectivity index (χ2n) is 4.12. The summed E-state index contributed by atoms with van der Waals surface area (Å²) in [6.45, 7) is 2.12. The standard InChI is InChI=1S/C14H14ClN3/c1-3-10-4-6-11(7-5-10)14-17-12(8-9-16)13(15)18(14)2/h4-7H,3,8H2,1-2H3.